The van der Waals surface area contributed by atoms with E-state index in [1.165, 1.54) is 10.4 Å². The van der Waals surface area contributed by atoms with Crippen LogP contribution in [0.3, 0.4) is 0 Å². The summed E-state index contributed by atoms with van der Waals surface area (Å²) in [6.45, 7) is 1.03. The molecular formula is C10H15N3O3S2. The molecule has 1 aromatic rings. The molecule has 1 aliphatic heterocycles. The molecule has 0 aromatic carbocycles. The van der Waals surface area contributed by atoms with E-state index in [9.17, 15) is 13.2 Å². The summed E-state index contributed by atoms with van der Waals surface area (Å²) in [6.07, 6.45) is 2.77. The molecule has 6 nitrogen and oxygen atoms in total. The average molecular weight is 289 g/mol. The van der Waals surface area contributed by atoms with Gasteiger partial charge >= 0.3 is 0 Å². The van der Waals surface area contributed by atoms with Gasteiger partial charge in [0.1, 0.15) is 9.77 Å². The first-order valence-corrected chi connectivity index (χ1v) is 7.98. The first-order valence-electron chi connectivity index (χ1n) is 5.66. The fraction of sp³-hybridized carbons (Fsp3) is 0.500. The van der Waals surface area contributed by atoms with Crippen molar-refractivity contribution in [1.29, 1.82) is 0 Å². The zero-order valence-electron chi connectivity index (χ0n) is 9.76. The van der Waals surface area contributed by atoms with Gasteiger partial charge in [0.2, 0.25) is 10.0 Å². The molecule has 0 spiro atoms. The van der Waals surface area contributed by atoms with E-state index >= 15 is 0 Å². The van der Waals surface area contributed by atoms with E-state index in [2.05, 4.69) is 0 Å². The number of nitrogen functional groups attached to an aromatic ring is 1. The first kappa shape index (κ1) is 13.5. The van der Waals surface area contributed by atoms with Gasteiger partial charge in [-0.3, -0.25) is 10.2 Å². The molecule has 0 unspecified atom stereocenters. The van der Waals surface area contributed by atoms with Crippen molar-refractivity contribution in [2.75, 3.05) is 13.1 Å². The standard InChI is InChI=1S/C10H15N3O3S2/c11-12-10(14)9-8(4-7-17-9)18(15,16)13-5-2-1-3-6-13/h4,7H,1-3,5-6,11H2,(H,12,14). The van der Waals surface area contributed by atoms with Crippen LogP contribution in [0.4, 0.5) is 0 Å². The quantitative estimate of drug-likeness (QED) is 0.482. The van der Waals surface area contributed by atoms with Gasteiger partial charge < -0.3 is 0 Å². The minimum atomic E-state index is -3.58. The highest BCUT2D eigenvalue weighted by atomic mass is 32.2. The maximum atomic E-state index is 12.4. The van der Waals surface area contributed by atoms with Crippen molar-refractivity contribution in [2.24, 2.45) is 5.84 Å². The van der Waals surface area contributed by atoms with Crippen LogP contribution in [0.5, 0.6) is 0 Å². The van der Waals surface area contributed by atoms with E-state index < -0.39 is 15.9 Å². The fourth-order valence-corrected chi connectivity index (χ4v) is 4.80. The van der Waals surface area contributed by atoms with E-state index in [1.807, 2.05) is 5.43 Å². The number of rotatable bonds is 3. The zero-order chi connectivity index (χ0) is 13.2. The normalized spacial score (nSPS) is 17.6. The summed E-state index contributed by atoms with van der Waals surface area (Å²) in [6, 6.07) is 1.46. The van der Waals surface area contributed by atoms with Crippen LogP contribution in [0.15, 0.2) is 16.3 Å². The minimum Gasteiger partial charge on any atom is -0.289 e. The molecule has 2 heterocycles. The third-order valence-corrected chi connectivity index (χ3v) is 5.88. The van der Waals surface area contributed by atoms with Gasteiger partial charge in [0, 0.05) is 13.1 Å². The molecule has 8 heteroatoms. The lowest BCUT2D eigenvalue weighted by Crippen LogP contribution is -2.37. The van der Waals surface area contributed by atoms with Gasteiger partial charge in [-0.05, 0) is 24.3 Å². The monoisotopic (exact) mass is 289 g/mol. The number of amides is 1. The molecule has 1 amide bonds. The lowest BCUT2D eigenvalue weighted by molar-refractivity contribution is 0.0954. The second-order valence-electron chi connectivity index (χ2n) is 4.05. The average Bonchev–Trinajstić information content (AvgIpc) is 2.89. The molecule has 18 heavy (non-hydrogen) atoms. The van der Waals surface area contributed by atoms with E-state index in [0.717, 1.165) is 30.6 Å². The molecule has 0 radical (unpaired) electrons. The first-order chi connectivity index (χ1) is 8.57. The van der Waals surface area contributed by atoms with Crippen molar-refractivity contribution in [2.45, 2.75) is 24.2 Å². The third kappa shape index (κ3) is 2.41. The number of sulfonamides is 1. The van der Waals surface area contributed by atoms with E-state index in [1.54, 1.807) is 5.38 Å². The molecule has 1 fully saturated rings. The van der Waals surface area contributed by atoms with Crippen molar-refractivity contribution in [3.63, 3.8) is 0 Å². The number of piperidine rings is 1. The smallest absolute Gasteiger partial charge is 0.276 e. The molecule has 3 N–H and O–H groups in total. The fourth-order valence-electron chi connectivity index (χ4n) is 1.98. The number of thiophene rings is 1. The summed E-state index contributed by atoms with van der Waals surface area (Å²) >= 11 is 1.08. The van der Waals surface area contributed by atoms with Crippen LogP contribution in [0, 0.1) is 0 Å². The molecule has 1 aliphatic rings. The van der Waals surface area contributed by atoms with Crippen LogP contribution in [0.25, 0.3) is 0 Å². The van der Waals surface area contributed by atoms with E-state index in [-0.39, 0.29) is 9.77 Å². The Balaban J connectivity index is 2.35. The molecule has 0 bridgehead atoms. The number of hydrogen-bond donors (Lipinski definition) is 2. The second kappa shape index (κ2) is 5.35. The maximum absolute atomic E-state index is 12.4. The number of nitrogens with zero attached hydrogens (tertiary/aromatic N) is 1. The Morgan fingerprint density at radius 3 is 2.61 bits per heavy atom. The molecule has 2 rings (SSSR count). The van der Waals surface area contributed by atoms with Crippen LogP contribution in [-0.4, -0.2) is 31.7 Å². The summed E-state index contributed by atoms with van der Waals surface area (Å²) < 4.78 is 26.2. The van der Waals surface area contributed by atoms with Crippen molar-refractivity contribution in [1.82, 2.24) is 9.73 Å². The van der Waals surface area contributed by atoms with Gasteiger partial charge in [0.15, 0.2) is 0 Å². The van der Waals surface area contributed by atoms with Crippen molar-refractivity contribution in [3.05, 3.63) is 16.3 Å². The van der Waals surface area contributed by atoms with E-state index in [0.29, 0.717) is 13.1 Å². The molecular weight excluding hydrogens is 274 g/mol. The predicted molar refractivity (Wildman–Crippen MR) is 68.6 cm³/mol. The van der Waals surface area contributed by atoms with Crippen molar-refractivity contribution < 1.29 is 13.2 Å². The molecule has 0 atom stereocenters. The maximum Gasteiger partial charge on any atom is 0.276 e. The summed E-state index contributed by atoms with van der Waals surface area (Å²) in [4.78, 5) is 11.7. The number of nitrogens with two attached hydrogens (primary N) is 1. The van der Waals surface area contributed by atoms with Gasteiger partial charge in [-0.1, -0.05) is 6.42 Å². The van der Waals surface area contributed by atoms with Crippen LogP contribution in [-0.2, 0) is 10.0 Å². The Kier molecular flexibility index (Phi) is 4.00. The largest absolute Gasteiger partial charge is 0.289 e. The molecule has 1 saturated heterocycles. The summed E-state index contributed by atoms with van der Waals surface area (Å²) in [5.74, 6) is 4.48. The Labute approximate surface area is 110 Å². The van der Waals surface area contributed by atoms with Gasteiger partial charge in [0.25, 0.3) is 5.91 Å². The summed E-state index contributed by atoms with van der Waals surface area (Å²) in [5, 5.41) is 1.58. The number of nitrogens with one attached hydrogen (secondary N) is 1. The van der Waals surface area contributed by atoms with Crippen molar-refractivity contribution in [3.8, 4) is 0 Å². The minimum absolute atomic E-state index is 0.0531. The van der Waals surface area contributed by atoms with Crippen LogP contribution in [0.1, 0.15) is 28.9 Å². The zero-order valence-corrected chi connectivity index (χ0v) is 11.4. The van der Waals surface area contributed by atoms with Gasteiger partial charge in [0.05, 0.1) is 0 Å². The summed E-state index contributed by atoms with van der Waals surface area (Å²) in [7, 11) is -3.58. The molecule has 100 valence electrons. The number of carbonyl (C=O) groups excluding carboxylic acids is 1. The third-order valence-electron chi connectivity index (χ3n) is 2.90. The number of hydrogen-bond acceptors (Lipinski definition) is 5. The second-order valence-corrected chi connectivity index (χ2v) is 6.87. The SMILES string of the molecule is NNC(=O)c1sccc1S(=O)(=O)N1CCCCC1. The van der Waals surface area contributed by atoms with Gasteiger partial charge in [-0.15, -0.1) is 11.3 Å². The predicted octanol–water partition coefficient (Wildman–Crippen LogP) is 0.526. The molecule has 0 aliphatic carbocycles. The number of hydrazine groups is 1. The topological polar surface area (TPSA) is 92.5 Å². The lowest BCUT2D eigenvalue weighted by atomic mass is 10.2. The Bertz CT molecular complexity index is 532. The Morgan fingerprint density at radius 1 is 1.33 bits per heavy atom. The van der Waals surface area contributed by atoms with Crippen molar-refractivity contribution >= 4 is 27.3 Å². The number of carbonyl (C=O) groups is 1. The highest BCUT2D eigenvalue weighted by Crippen LogP contribution is 2.27. The van der Waals surface area contributed by atoms with Gasteiger partial charge in [-0.25, -0.2) is 14.3 Å². The molecule has 1 aromatic heterocycles. The highest BCUT2D eigenvalue weighted by molar-refractivity contribution is 7.89. The highest BCUT2D eigenvalue weighted by Gasteiger charge is 2.30. The Hall–Kier alpha value is -0.960. The van der Waals surface area contributed by atoms with Crippen LogP contribution >= 0.6 is 11.3 Å². The van der Waals surface area contributed by atoms with Crippen LogP contribution < -0.4 is 11.3 Å². The van der Waals surface area contributed by atoms with Crippen LogP contribution in [0.2, 0.25) is 0 Å². The lowest BCUT2D eigenvalue weighted by Gasteiger charge is -2.25. The van der Waals surface area contributed by atoms with Gasteiger partial charge in [-0.2, -0.15) is 4.31 Å². The molecule has 0 saturated carbocycles. The van der Waals surface area contributed by atoms with E-state index in [4.69, 9.17) is 5.84 Å². The Morgan fingerprint density at radius 2 is 2.00 bits per heavy atom. The summed E-state index contributed by atoms with van der Waals surface area (Å²) in [5.41, 5.74) is 1.97.